The zero-order valence-corrected chi connectivity index (χ0v) is 9.43. The van der Waals surface area contributed by atoms with Crippen molar-refractivity contribution in [3.05, 3.63) is 24.2 Å². The Bertz CT molecular complexity index is 345. The number of amides is 1. The van der Waals surface area contributed by atoms with Crippen molar-refractivity contribution in [2.24, 2.45) is 0 Å². The molecule has 0 aliphatic carbocycles. The first kappa shape index (κ1) is 12.3. The lowest BCUT2D eigenvalue weighted by Gasteiger charge is -2.17. The minimum Gasteiger partial charge on any atom is -0.467 e. The van der Waals surface area contributed by atoms with E-state index in [1.165, 1.54) is 11.2 Å². The summed E-state index contributed by atoms with van der Waals surface area (Å²) in [5.74, 6) is -0.823. The maximum Gasteiger partial charge on any atom is 0.397 e. The lowest BCUT2D eigenvalue weighted by Crippen LogP contribution is -2.36. The van der Waals surface area contributed by atoms with Crippen LogP contribution in [0.15, 0.2) is 22.8 Å². The van der Waals surface area contributed by atoms with E-state index in [2.05, 4.69) is 4.74 Å². The van der Waals surface area contributed by atoms with Crippen LogP contribution in [-0.2, 0) is 20.9 Å². The van der Waals surface area contributed by atoms with Gasteiger partial charge in [-0.25, -0.2) is 4.79 Å². The molecule has 0 saturated heterocycles. The molecule has 0 atom stereocenters. The van der Waals surface area contributed by atoms with Crippen LogP contribution in [0, 0.1) is 0 Å². The molecule has 0 aromatic carbocycles. The van der Waals surface area contributed by atoms with E-state index in [0.29, 0.717) is 12.3 Å². The summed E-state index contributed by atoms with van der Waals surface area (Å²) >= 11 is 0. The fraction of sp³-hybridized carbons (Fsp3) is 0.455. The molecule has 1 rings (SSSR count). The Kier molecular flexibility index (Phi) is 4.57. The Morgan fingerprint density at radius 2 is 2.19 bits per heavy atom. The highest BCUT2D eigenvalue weighted by atomic mass is 16.5. The van der Waals surface area contributed by atoms with Crippen molar-refractivity contribution >= 4 is 11.9 Å². The number of hydrogen-bond acceptors (Lipinski definition) is 4. The molecule has 0 bridgehead atoms. The van der Waals surface area contributed by atoms with Gasteiger partial charge in [-0.1, -0.05) is 0 Å². The third-order valence-electron chi connectivity index (χ3n) is 2.05. The van der Waals surface area contributed by atoms with Crippen molar-refractivity contribution in [1.82, 2.24) is 4.90 Å². The molecule has 16 heavy (non-hydrogen) atoms. The van der Waals surface area contributed by atoms with E-state index in [9.17, 15) is 9.59 Å². The Morgan fingerprint density at radius 1 is 1.44 bits per heavy atom. The largest absolute Gasteiger partial charge is 0.467 e. The summed E-state index contributed by atoms with van der Waals surface area (Å²) in [7, 11) is 0. The van der Waals surface area contributed by atoms with E-state index in [1.54, 1.807) is 26.0 Å². The number of nitrogens with zero attached hydrogens (tertiary/aromatic N) is 1. The van der Waals surface area contributed by atoms with Crippen LogP contribution in [0.25, 0.3) is 0 Å². The number of likely N-dealkylation sites (N-methyl/N-ethyl adjacent to an activating group) is 1. The number of esters is 1. The van der Waals surface area contributed by atoms with Crippen LogP contribution < -0.4 is 0 Å². The molecule has 0 saturated carbocycles. The van der Waals surface area contributed by atoms with E-state index in [4.69, 9.17) is 4.42 Å². The second kappa shape index (κ2) is 5.95. The molecule has 1 aromatic heterocycles. The summed E-state index contributed by atoms with van der Waals surface area (Å²) in [6, 6.07) is 3.49. The zero-order chi connectivity index (χ0) is 12.0. The van der Waals surface area contributed by atoms with Gasteiger partial charge in [0.1, 0.15) is 5.76 Å². The Labute approximate surface area is 94.0 Å². The molecule has 88 valence electrons. The highest BCUT2D eigenvalue weighted by Crippen LogP contribution is 2.05. The first-order valence-electron chi connectivity index (χ1n) is 5.17. The zero-order valence-electron chi connectivity index (χ0n) is 9.43. The van der Waals surface area contributed by atoms with Gasteiger partial charge in [0.25, 0.3) is 0 Å². The molecule has 0 radical (unpaired) electrons. The number of hydrogen-bond donors (Lipinski definition) is 0. The highest BCUT2D eigenvalue weighted by Gasteiger charge is 2.22. The first-order valence-corrected chi connectivity index (χ1v) is 5.17. The molecule has 0 aliphatic heterocycles. The van der Waals surface area contributed by atoms with Gasteiger partial charge < -0.3 is 14.1 Å². The van der Waals surface area contributed by atoms with Gasteiger partial charge >= 0.3 is 11.9 Å². The van der Waals surface area contributed by atoms with E-state index in [-0.39, 0.29) is 13.2 Å². The smallest absolute Gasteiger partial charge is 0.397 e. The van der Waals surface area contributed by atoms with Gasteiger partial charge in [-0.15, -0.1) is 0 Å². The lowest BCUT2D eigenvalue weighted by molar-refractivity contribution is -0.160. The van der Waals surface area contributed by atoms with Gasteiger partial charge in [0.05, 0.1) is 19.4 Å². The maximum atomic E-state index is 11.6. The third-order valence-corrected chi connectivity index (χ3v) is 2.05. The first-order chi connectivity index (χ1) is 7.69. The van der Waals surface area contributed by atoms with Crippen LogP contribution in [0.5, 0.6) is 0 Å². The van der Waals surface area contributed by atoms with Gasteiger partial charge in [-0.2, -0.15) is 0 Å². The van der Waals surface area contributed by atoms with E-state index in [1.807, 2.05) is 0 Å². The number of carbonyl (C=O) groups excluding carboxylic acids is 2. The molecule has 1 amide bonds. The van der Waals surface area contributed by atoms with Crippen molar-refractivity contribution in [3.63, 3.8) is 0 Å². The number of ether oxygens (including phenoxy) is 1. The summed E-state index contributed by atoms with van der Waals surface area (Å²) in [6.45, 7) is 4.36. The van der Waals surface area contributed by atoms with E-state index < -0.39 is 11.9 Å². The minimum atomic E-state index is -0.823. The second-order valence-corrected chi connectivity index (χ2v) is 3.12. The molecule has 0 aliphatic rings. The minimum absolute atomic E-state index is 0.197. The second-order valence-electron chi connectivity index (χ2n) is 3.12. The average Bonchev–Trinajstić information content (AvgIpc) is 2.78. The van der Waals surface area contributed by atoms with Crippen LogP contribution in [0.4, 0.5) is 0 Å². The van der Waals surface area contributed by atoms with Gasteiger partial charge in [0.15, 0.2) is 0 Å². The van der Waals surface area contributed by atoms with Crippen LogP contribution in [0.2, 0.25) is 0 Å². The standard InChI is InChI=1S/C11H15NO4/c1-3-12(8-9-6-5-7-16-9)10(13)11(14)15-4-2/h5-7H,3-4,8H2,1-2H3. The van der Waals surface area contributed by atoms with E-state index in [0.717, 1.165) is 0 Å². The third kappa shape index (κ3) is 3.12. The average molecular weight is 225 g/mol. The summed E-state index contributed by atoms with van der Waals surface area (Å²) in [5, 5.41) is 0. The summed E-state index contributed by atoms with van der Waals surface area (Å²) < 4.78 is 9.75. The van der Waals surface area contributed by atoms with Crippen molar-refractivity contribution in [2.45, 2.75) is 20.4 Å². The molecular weight excluding hydrogens is 210 g/mol. The quantitative estimate of drug-likeness (QED) is 0.570. The van der Waals surface area contributed by atoms with Crippen molar-refractivity contribution in [1.29, 1.82) is 0 Å². The molecule has 0 unspecified atom stereocenters. The fourth-order valence-electron chi connectivity index (χ4n) is 1.24. The predicted molar refractivity (Wildman–Crippen MR) is 56.4 cm³/mol. The number of furan rings is 1. The summed E-state index contributed by atoms with van der Waals surface area (Å²) in [6.07, 6.45) is 1.53. The van der Waals surface area contributed by atoms with Gasteiger partial charge in [0, 0.05) is 6.54 Å². The van der Waals surface area contributed by atoms with Crippen molar-refractivity contribution < 1.29 is 18.7 Å². The van der Waals surface area contributed by atoms with Crippen LogP contribution in [0.3, 0.4) is 0 Å². The Hall–Kier alpha value is -1.78. The van der Waals surface area contributed by atoms with Gasteiger partial charge in [-0.3, -0.25) is 4.79 Å². The summed E-state index contributed by atoms with van der Waals surface area (Å²) in [5.41, 5.74) is 0. The van der Waals surface area contributed by atoms with Crippen LogP contribution in [0.1, 0.15) is 19.6 Å². The van der Waals surface area contributed by atoms with Crippen molar-refractivity contribution in [3.8, 4) is 0 Å². The molecule has 1 heterocycles. The van der Waals surface area contributed by atoms with Crippen molar-refractivity contribution in [2.75, 3.05) is 13.2 Å². The lowest BCUT2D eigenvalue weighted by atomic mass is 10.4. The number of carbonyl (C=O) groups is 2. The van der Waals surface area contributed by atoms with Gasteiger partial charge in [0.2, 0.25) is 0 Å². The van der Waals surface area contributed by atoms with Gasteiger partial charge in [-0.05, 0) is 26.0 Å². The predicted octanol–water partition coefficient (Wildman–Crippen LogP) is 1.19. The molecule has 0 N–H and O–H groups in total. The molecular formula is C11H15NO4. The van der Waals surface area contributed by atoms with E-state index >= 15 is 0 Å². The fourth-order valence-corrected chi connectivity index (χ4v) is 1.24. The topological polar surface area (TPSA) is 59.8 Å². The molecule has 1 aromatic rings. The van der Waals surface area contributed by atoms with Crippen LogP contribution in [-0.4, -0.2) is 29.9 Å². The Morgan fingerprint density at radius 3 is 2.69 bits per heavy atom. The molecule has 0 spiro atoms. The SMILES string of the molecule is CCOC(=O)C(=O)N(CC)Cc1ccco1. The molecule has 5 heteroatoms. The highest BCUT2D eigenvalue weighted by molar-refractivity contribution is 6.32. The Balaban J connectivity index is 2.60. The summed E-state index contributed by atoms with van der Waals surface area (Å²) in [4.78, 5) is 24.2. The normalized spacial score (nSPS) is 9.88. The van der Waals surface area contributed by atoms with Crippen LogP contribution >= 0.6 is 0 Å². The molecule has 5 nitrogen and oxygen atoms in total. The number of rotatable bonds is 4. The maximum absolute atomic E-state index is 11.6. The monoisotopic (exact) mass is 225 g/mol. The molecule has 0 fully saturated rings.